The van der Waals surface area contributed by atoms with Gasteiger partial charge in [0, 0.05) is 27.6 Å². The lowest BCUT2D eigenvalue weighted by molar-refractivity contribution is -0.145. The van der Waals surface area contributed by atoms with E-state index < -0.39 is 28.3 Å². The van der Waals surface area contributed by atoms with Crippen LogP contribution >= 0.6 is 11.3 Å². The van der Waals surface area contributed by atoms with Gasteiger partial charge in [-0.05, 0) is 6.42 Å². The summed E-state index contributed by atoms with van der Waals surface area (Å²) < 4.78 is 30.2. The smallest absolute Gasteiger partial charge is 0.329 e. The fourth-order valence-corrected chi connectivity index (χ4v) is 4.29. The molecule has 0 spiro atoms. The summed E-state index contributed by atoms with van der Waals surface area (Å²) in [5.41, 5.74) is 0. The highest BCUT2D eigenvalue weighted by Crippen LogP contribution is 2.31. The van der Waals surface area contributed by atoms with E-state index in [1.165, 1.54) is 30.8 Å². The highest BCUT2D eigenvalue weighted by molar-refractivity contribution is 7.91. The van der Waals surface area contributed by atoms with E-state index in [-0.39, 0.29) is 16.0 Å². The molecule has 1 fully saturated rings. The van der Waals surface area contributed by atoms with Gasteiger partial charge in [-0.2, -0.15) is 0 Å². The molecule has 12 heteroatoms. The molecule has 1 aromatic heterocycles. The molecule has 1 atom stereocenters. The number of hydrogen-bond donors (Lipinski definition) is 0. The molecule has 0 aromatic carbocycles. The summed E-state index contributed by atoms with van der Waals surface area (Å²) in [7, 11) is -0.994. The van der Waals surface area contributed by atoms with Crippen molar-refractivity contribution in [1.82, 2.24) is 19.4 Å². The van der Waals surface area contributed by atoms with Crippen LogP contribution in [0.15, 0.2) is 4.34 Å². The number of rotatable bonds is 6. The molecule has 134 valence electrons. The number of anilines is 1. The van der Waals surface area contributed by atoms with Gasteiger partial charge >= 0.3 is 12.0 Å². The van der Waals surface area contributed by atoms with Crippen LogP contribution in [0.5, 0.6) is 0 Å². The minimum absolute atomic E-state index is 0.0743. The van der Waals surface area contributed by atoms with Gasteiger partial charge in [0.25, 0.3) is 10.0 Å². The molecule has 2 rings (SSSR count). The predicted molar refractivity (Wildman–Crippen MR) is 86.1 cm³/mol. The van der Waals surface area contributed by atoms with E-state index >= 15 is 0 Å². The Kier molecular flexibility index (Phi) is 5.40. The fourth-order valence-electron chi connectivity index (χ4n) is 2.13. The van der Waals surface area contributed by atoms with Crippen LogP contribution in [0.3, 0.4) is 0 Å². The van der Waals surface area contributed by atoms with Gasteiger partial charge in [-0.15, -0.1) is 10.2 Å². The van der Waals surface area contributed by atoms with Crippen LogP contribution in [0.1, 0.15) is 20.3 Å². The molecule has 0 saturated carbocycles. The van der Waals surface area contributed by atoms with Crippen LogP contribution in [-0.4, -0.2) is 73.2 Å². The number of esters is 1. The van der Waals surface area contributed by atoms with Crippen LogP contribution in [-0.2, 0) is 19.6 Å². The SMILES string of the molecule is CCCN1CC(OC(C)=O)N(c2nnc(S(=O)(=O)N(C)C)s2)C1=O. The van der Waals surface area contributed by atoms with Crippen molar-refractivity contribution in [3.8, 4) is 0 Å². The van der Waals surface area contributed by atoms with E-state index in [0.29, 0.717) is 6.54 Å². The van der Waals surface area contributed by atoms with E-state index in [1.807, 2.05) is 6.92 Å². The standard InChI is InChI=1S/C12H19N5O5S2/c1-5-6-16-7-9(22-8(2)18)17(12(16)19)10-13-14-11(23-10)24(20,21)15(3)4/h9H,5-7H2,1-4H3. The van der Waals surface area contributed by atoms with Crippen molar-refractivity contribution in [2.24, 2.45) is 0 Å². The first-order valence-electron chi connectivity index (χ1n) is 7.19. The summed E-state index contributed by atoms with van der Waals surface area (Å²) >= 11 is 0.755. The molecular formula is C12H19N5O5S2. The summed E-state index contributed by atoms with van der Waals surface area (Å²) in [6, 6.07) is -0.395. The Morgan fingerprint density at radius 1 is 1.42 bits per heavy atom. The Morgan fingerprint density at radius 2 is 2.08 bits per heavy atom. The number of hydrogen-bond acceptors (Lipinski definition) is 8. The third-order valence-electron chi connectivity index (χ3n) is 3.24. The third kappa shape index (κ3) is 3.49. The molecule has 0 bridgehead atoms. The Hall–Kier alpha value is -1.79. The first-order valence-corrected chi connectivity index (χ1v) is 9.45. The summed E-state index contributed by atoms with van der Waals surface area (Å²) in [6.07, 6.45) is -0.118. The number of carbonyl (C=O) groups is 2. The third-order valence-corrected chi connectivity index (χ3v) is 6.32. The zero-order valence-electron chi connectivity index (χ0n) is 13.8. The lowest BCUT2D eigenvalue weighted by Crippen LogP contribution is -2.37. The second-order valence-electron chi connectivity index (χ2n) is 5.30. The van der Waals surface area contributed by atoms with Crippen molar-refractivity contribution < 1.29 is 22.7 Å². The van der Waals surface area contributed by atoms with Gasteiger partial charge in [0.15, 0.2) is 0 Å². The lowest BCUT2D eigenvalue weighted by atomic mass is 10.4. The monoisotopic (exact) mass is 377 g/mol. The molecule has 1 aromatic rings. The normalized spacial score (nSPS) is 18.5. The minimum atomic E-state index is -3.75. The van der Waals surface area contributed by atoms with Gasteiger partial charge in [0.05, 0.1) is 6.54 Å². The molecule has 2 heterocycles. The molecule has 1 aliphatic rings. The van der Waals surface area contributed by atoms with Gasteiger partial charge < -0.3 is 9.64 Å². The number of amides is 2. The molecule has 0 radical (unpaired) electrons. The Labute approximate surface area is 144 Å². The van der Waals surface area contributed by atoms with Crippen molar-refractivity contribution in [3.63, 3.8) is 0 Å². The summed E-state index contributed by atoms with van der Waals surface area (Å²) in [4.78, 5) is 26.5. The van der Waals surface area contributed by atoms with Crippen LogP contribution in [0.2, 0.25) is 0 Å². The number of nitrogens with zero attached hydrogens (tertiary/aromatic N) is 5. The van der Waals surface area contributed by atoms with Crippen molar-refractivity contribution in [2.75, 3.05) is 32.1 Å². The van der Waals surface area contributed by atoms with Crippen molar-refractivity contribution in [2.45, 2.75) is 30.8 Å². The molecule has 2 amide bonds. The maximum absolute atomic E-state index is 12.5. The predicted octanol–water partition coefficient (Wildman–Crippen LogP) is 0.330. The molecule has 1 aliphatic heterocycles. The van der Waals surface area contributed by atoms with E-state index in [4.69, 9.17) is 4.74 Å². The first-order chi connectivity index (χ1) is 11.2. The lowest BCUT2D eigenvalue weighted by Gasteiger charge is -2.18. The number of ether oxygens (including phenoxy) is 1. The quantitative estimate of drug-likeness (QED) is 0.518. The maximum Gasteiger partial charge on any atom is 0.329 e. The summed E-state index contributed by atoms with van der Waals surface area (Å²) in [5, 5.41) is 7.53. The van der Waals surface area contributed by atoms with Gasteiger partial charge in [-0.25, -0.2) is 22.4 Å². The Bertz CT molecular complexity index is 732. The molecule has 0 N–H and O–H groups in total. The fraction of sp³-hybridized carbons (Fsp3) is 0.667. The van der Waals surface area contributed by atoms with Gasteiger partial charge in [-0.3, -0.25) is 4.79 Å². The zero-order chi connectivity index (χ0) is 18.1. The molecule has 0 aliphatic carbocycles. The number of sulfonamides is 1. The summed E-state index contributed by atoms with van der Waals surface area (Å²) in [5.74, 6) is -0.540. The topological polar surface area (TPSA) is 113 Å². The van der Waals surface area contributed by atoms with Crippen molar-refractivity contribution >= 4 is 38.5 Å². The average molecular weight is 377 g/mol. The molecule has 1 unspecified atom stereocenters. The number of aromatic nitrogens is 2. The van der Waals surface area contributed by atoms with Gasteiger partial charge in [0.2, 0.25) is 15.7 Å². The van der Waals surface area contributed by atoms with Gasteiger partial charge in [0.1, 0.15) is 0 Å². The second kappa shape index (κ2) is 6.99. The summed E-state index contributed by atoms with van der Waals surface area (Å²) in [6.45, 7) is 3.85. The highest BCUT2D eigenvalue weighted by atomic mass is 32.2. The highest BCUT2D eigenvalue weighted by Gasteiger charge is 2.42. The average Bonchev–Trinajstić information content (AvgIpc) is 3.05. The van der Waals surface area contributed by atoms with E-state index in [1.54, 1.807) is 0 Å². The second-order valence-corrected chi connectivity index (χ2v) is 8.58. The van der Waals surface area contributed by atoms with Gasteiger partial charge in [-0.1, -0.05) is 18.3 Å². The molecule has 10 nitrogen and oxygen atoms in total. The van der Waals surface area contributed by atoms with Crippen molar-refractivity contribution in [1.29, 1.82) is 0 Å². The van der Waals surface area contributed by atoms with Crippen LogP contribution < -0.4 is 4.90 Å². The zero-order valence-corrected chi connectivity index (χ0v) is 15.4. The van der Waals surface area contributed by atoms with E-state index in [9.17, 15) is 18.0 Å². The maximum atomic E-state index is 12.5. The van der Waals surface area contributed by atoms with Crippen LogP contribution in [0, 0.1) is 0 Å². The Morgan fingerprint density at radius 3 is 2.62 bits per heavy atom. The van der Waals surface area contributed by atoms with E-state index in [2.05, 4.69) is 10.2 Å². The van der Waals surface area contributed by atoms with Crippen LogP contribution in [0.4, 0.5) is 9.93 Å². The minimum Gasteiger partial charge on any atom is -0.439 e. The molecule has 24 heavy (non-hydrogen) atoms. The molecular weight excluding hydrogens is 358 g/mol. The Balaban J connectivity index is 2.35. The van der Waals surface area contributed by atoms with Crippen molar-refractivity contribution in [3.05, 3.63) is 0 Å². The largest absolute Gasteiger partial charge is 0.439 e. The number of urea groups is 1. The number of carbonyl (C=O) groups excluding carboxylic acids is 2. The van der Waals surface area contributed by atoms with Crippen LogP contribution in [0.25, 0.3) is 0 Å². The molecule has 1 saturated heterocycles. The van der Waals surface area contributed by atoms with E-state index in [0.717, 1.165) is 22.1 Å². The first kappa shape index (κ1) is 18.5.